The molecule has 8 heteroatoms. The first kappa shape index (κ1) is 18.7. The molecule has 2 aromatic heterocycles. The Morgan fingerprint density at radius 1 is 1.00 bits per heavy atom. The maximum atomic E-state index is 11.6. The average molecular weight is 433 g/mol. The Kier molecular flexibility index (Phi) is 4.75. The quantitative estimate of drug-likeness (QED) is 0.427. The van der Waals surface area contributed by atoms with Crippen LogP contribution in [-0.2, 0) is 0 Å². The number of rotatable bonds is 3. The molecule has 0 aliphatic rings. The highest BCUT2D eigenvalue weighted by Gasteiger charge is 2.20. The maximum absolute atomic E-state index is 11.6. The summed E-state index contributed by atoms with van der Waals surface area (Å²) >= 11 is 18.5. The van der Waals surface area contributed by atoms with Gasteiger partial charge in [-0.15, -0.1) is 5.10 Å². The van der Waals surface area contributed by atoms with Gasteiger partial charge in [-0.05, 0) is 43.3 Å². The standard InChI is InChI=1S/C20H12Cl3N3O2/c1-10-14(20(27)28)9-15-18(11-2-4-12(21)5-3-11)26(25-19(15)24-10)17-7-6-13(22)8-16(17)23/h2-9H,1H3,(H,27,28). The van der Waals surface area contributed by atoms with E-state index in [0.29, 0.717) is 43.2 Å². The normalized spacial score (nSPS) is 11.1. The molecule has 0 saturated heterocycles. The van der Waals surface area contributed by atoms with Gasteiger partial charge in [-0.1, -0.05) is 46.9 Å². The maximum Gasteiger partial charge on any atom is 0.337 e. The monoisotopic (exact) mass is 431 g/mol. The van der Waals surface area contributed by atoms with Crippen LogP contribution in [0.2, 0.25) is 15.1 Å². The van der Waals surface area contributed by atoms with Crippen LogP contribution in [0.1, 0.15) is 16.1 Å². The van der Waals surface area contributed by atoms with Gasteiger partial charge in [0.1, 0.15) is 0 Å². The van der Waals surface area contributed by atoms with Gasteiger partial charge in [0.15, 0.2) is 5.65 Å². The molecule has 28 heavy (non-hydrogen) atoms. The third-order valence-corrected chi connectivity index (χ3v) is 5.13. The smallest absolute Gasteiger partial charge is 0.337 e. The lowest BCUT2D eigenvalue weighted by atomic mass is 10.1. The zero-order chi connectivity index (χ0) is 20.0. The highest BCUT2D eigenvalue weighted by Crippen LogP contribution is 2.35. The molecule has 4 aromatic rings. The van der Waals surface area contributed by atoms with Gasteiger partial charge in [0.2, 0.25) is 0 Å². The van der Waals surface area contributed by atoms with E-state index in [1.54, 1.807) is 48.0 Å². The molecule has 1 N–H and O–H groups in total. The minimum absolute atomic E-state index is 0.115. The minimum Gasteiger partial charge on any atom is -0.478 e. The zero-order valence-corrected chi connectivity index (χ0v) is 16.7. The van der Waals surface area contributed by atoms with Gasteiger partial charge in [0.25, 0.3) is 0 Å². The van der Waals surface area contributed by atoms with Crippen LogP contribution in [0, 0.1) is 6.92 Å². The number of hydrogen-bond donors (Lipinski definition) is 1. The highest BCUT2D eigenvalue weighted by molar-refractivity contribution is 6.35. The number of aryl methyl sites for hydroxylation is 1. The molecule has 140 valence electrons. The fourth-order valence-electron chi connectivity index (χ4n) is 3.03. The SMILES string of the molecule is Cc1nc2nn(-c3ccc(Cl)cc3Cl)c(-c3ccc(Cl)cc3)c2cc1C(=O)O. The number of pyridine rings is 1. The first-order chi connectivity index (χ1) is 13.3. The first-order valence-corrected chi connectivity index (χ1v) is 9.33. The summed E-state index contributed by atoms with van der Waals surface area (Å²) in [5, 5.41) is 16.2. The van der Waals surface area contributed by atoms with E-state index in [4.69, 9.17) is 34.8 Å². The van der Waals surface area contributed by atoms with E-state index in [0.717, 1.165) is 5.56 Å². The van der Waals surface area contributed by atoms with Gasteiger partial charge in [0.05, 0.1) is 27.7 Å². The lowest BCUT2D eigenvalue weighted by Crippen LogP contribution is -2.01. The van der Waals surface area contributed by atoms with Crippen molar-refractivity contribution in [2.75, 3.05) is 0 Å². The predicted molar refractivity (Wildman–Crippen MR) is 111 cm³/mol. The first-order valence-electron chi connectivity index (χ1n) is 8.20. The van der Waals surface area contributed by atoms with Gasteiger partial charge >= 0.3 is 5.97 Å². The van der Waals surface area contributed by atoms with E-state index in [1.807, 2.05) is 12.1 Å². The topological polar surface area (TPSA) is 68.0 Å². The van der Waals surface area contributed by atoms with E-state index in [2.05, 4.69) is 10.1 Å². The number of benzene rings is 2. The zero-order valence-electron chi connectivity index (χ0n) is 14.4. The molecule has 0 spiro atoms. The van der Waals surface area contributed by atoms with Crippen molar-refractivity contribution < 1.29 is 9.90 Å². The van der Waals surface area contributed by atoms with Crippen LogP contribution < -0.4 is 0 Å². The molecule has 4 rings (SSSR count). The van der Waals surface area contributed by atoms with Crippen molar-refractivity contribution in [1.82, 2.24) is 14.8 Å². The largest absolute Gasteiger partial charge is 0.478 e. The Hall–Kier alpha value is -2.60. The number of carboxylic acids is 1. The molecule has 0 bridgehead atoms. The Morgan fingerprint density at radius 2 is 1.68 bits per heavy atom. The second-order valence-corrected chi connectivity index (χ2v) is 7.44. The number of fused-ring (bicyclic) bond motifs is 1. The lowest BCUT2D eigenvalue weighted by Gasteiger charge is -2.10. The number of hydrogen-bond acceptors (Lipinski definition) is 3. The molecule has 0 atom stereocenters. The summed E-state index contributed by atoms with van der Waals surface area (Å²) in [7, 11) is 0. The summed E-state index contributed by atoms with van der Waals surface area (Å²) in [6.07, 6.45) is 0. The van der Waals surface area contributed by atoms with Gasteiger partial charge < -0.3 is 5.11 Å². The molecule has 0 amide bonds. The molecule has 0 unspecified atom stereocenters. The molecule has 5 nitrogen and oxygen atoms in total. The van der Waals surface area contributed by atoms with Crippen LogP contribution in [0.4, 0.5) is 0 Å². The molecule has 0 radical (unpaired) electrons. The van der Waals surface area contributed by atoms with Crippen molar-refractivity contribution in [1.29, 1.82) is 0 Å². The van der Waals surface area contributed by atoms with E-state index in [1.165, 1.54) is 0 Å². The van der Waals surface area contributed by atoms with Crippen LogP contribution in [0.5, 0.6) is 0 Å². The third kappa shape index (κ3) is 3.22. The fourth-order valence-corrected chi connectivity index (χ4v) is 3.65. The molecule has 0 fully saturated rings. The van der Waals surface area contributed by atoms with Gasteiger partial charge in [-0.3, -0.25) is 0 Å². The third-order valence-electron chi connectivity index (χ3n) is 4.34. The van der Waals surface area contributed by atoms with Crippen LogP contribution in [-0.4, -0.2) is 25.8 Å². The van der Waals surface area contributed by atoms with Crippen molar-refractivity contribution in [3.05, 3.63) is 74.9 Å². The van der Waals surface area contributed by atoms with Crippen molar-refractivity contribution in [2.24, 2.45) is 0 Å². The average Bonchev–Trinajstić information content (AvgIpc) is 2.99. The van der Waals surface area contributed by atoms with E-state index < -0.39 is 5.97 Å². The molecular weight excluding hydrogens is 421 g/mol. The lowest BCUT2D eigenvalue weighted by molar-refractivity contribution is 0.0696. The molecular formula is C20H12Cl3N3O2. The van der Waals surface area contributed by atoms with E-state index >= 15 is 0 Å². The van der Waals surface area contributed by atoms with Gasteiger partial charge in [-0.2, -0.15) is 0 Å². The Labute approximate surface area is 175 Å². The van der Waals surface area contributed by atoms with Crippen molar-refractivity contribution in [3.63, 3.8) is 0 Å². The summed E-state index contributed by atoms with van der Waals surface area (Å²) in [6.45, 7) is 1.64. The second-order valence-electron chi connectivity index (χ2n) is 6.16. The number of carbonyl (C=O) groups is 1. The summed E-state index contributed by atoms with van der Waals surface area (Å²) < 4.78 is 1.64. The van der Waals surface area contributed by atoms with Crippen molar-refractivity contribution in [3.8, 4) is 16.9 Å². The van der Waals surface area contributed by atoms with Crippen molar-refractivity contribution in [2.45, 2.75) is 6.92 Å². The van der Waals surface area contributed by atoms with Gasteiger partial charge in [-0.25, -0.2) is 14.5 Å². The van der Waals surface area contributed by atoms with Crippen molar-refractivity contribution >= 4 is 51.8 Å². The van der Waals surface area contributed by atoms with Crippen LogP contribution in [0.3, 0.4) is 0 Å². The van der Waals surface area contributed by atoms with Crippen LogP contribution in [0.15, 0.2) is 48.5 Å². The van der Waals surface area contributed by atoms with Gasteiger partial charge in [0, 0.05) is 21.0 Å². The van der Waals surface area contributed by atoms with E-state index in [9.17, 15) is 9.90 Å². The van der Waals surface area contributed by atoms with Crippen LogP contribution in [0.25, 0.3) is 28.0 Å². The minimum atomic E-state index is -1.05. The Morgan fingerprint density at radius 3 is 2.32 bits per heavy atom. The molecule has 0 saturated carbocycles. The summed E-state index contributed by atoms with van der Waals surface area (Å²) in [5.74, 6) is -1.05. The second kappa shape index (κ2) is 7.09. The summed E-state index contributed by atoms with van der Waals surface area (Å²) in [6, 6.07) is 13.8. The summed E-state index contributed by atoms with van der Waals surface area (Å²) in [4.78, 5) is 16.0. The highest BCUT2D eigenvalue weighted by atomic mass is 35.5. The van der Waals surface area contributed by atoms with Crippen LogP contribution >= 0.6 is 34.8 Å². The number of aromatic carboxylic acids is 1. The number of aromatic nitrogens is 3. The molecule has 2 aromatic carbocycles. The molecule has 2 heterocycles. The fraction of sp³-hybridized carbons (Fsp3) is 0.0500. The molecule has 0 aliphatic heterocycles. The number of nitrogens with zero attached hydrogens (tertiary/aromatic N) is 3. The predicted octanol–water partition coefficient (Wildman–Crippen LogP) is 6.05. The Bertz CT molecular complexity index is 1230. The number of halogens is 3. The molecule has 0 aliphatic carbocycles. The Balaban J connectivity index is 2.10. The van der Waals surface area contributed by atoms with E-state index in [-0.39, 0.29) is 5.56 Å². The summed E-state index contributed by atoms with van der Waals surface area (Å²) in [5.41, 5.74) is 2.96. The number of carboxylic acid groups (broad SMARTS) is 1.